The molecule has 2 nitrogen and oxygen atoms in total. The smallest absolute Gasteiger partial charge is 0.0363 e. The second-order valence-corrected chi connectivity index (χ2v) is 5.67. The summed E-state index contributed by atoms with van der Waals surface area (Å²) in [5, 5.41) is 0. The first-order valence-corrected chi connectivity index (χ1v) is 8.41. The minimum absolute atomic E-state index is 1.11. The van der Waals surface area contributed by atoms with E-state index in [-0.39, 0.29) is 0 Å². The fraction of sp³-hybridized carbons (Fsp3) is 0.579. The molecule has 0 atom stereocenters. The van der Waals surface area contributed by atoms with Crippen LogP contribution in [0.2, 0.25) is 0 Å². The van der Waals surface area contributed by atoms with Gasteiger partial charge in [-0.15, -0.1) is 0 Å². The largest absolute Gasteiger partial charge is 0.375 e. The van der Waals surface area contributed by atoms with Crippen molar-refractivity contribution in [3.05, 3.63) is 42.5 Å². The van der Waals surface area contributed by atoms with Crippen LogP contribution in [-0.2, 0) is 0 Å². The van der Waals surface area contributed by atoms with Crippen molar-refractivity contribution >= 4 is 5.69 Å². The Hall–Kier alpha value is -1.28. The summed E-state index contributed by atoms with van der Waals surface area (Å²) in [5.41, 5.74) is 1.30. The number of para-hydroxylation sites is 1. The van der Waals surface area contributed by atoms with Gasteiger partial charge in [-0.3, -0.25) is 4.90 Å². The van der Waals surface area contributed by atoms with Gasteiger partial charge >= 0.3 is 0 Å². The van der Waals surface area contributed by atoms with Gasteiger partial charge in [0.15, 0.2) is 0 Å². The molecule has 0 saturated heterocycles. The molecule has 0 fully saturated rings. The quantitative estimate of drug-likeness (QED) is 0.434. The van der Waals surface area contributed by atoms with Crippen LogP contribution in [0.1, 0.15) is 39.5 Å². The molecule has 0 N–H and O–H groups in total. The van der Waals surface area contributed by atoms with Gasteiger partial charge < -0.3 is 4.90 Å². The molecular weight excluding hydrogens is 256 g/mol. The average molecular weight is 288 g/mol. The normalized spacial score (nSPS) is 11.4. The lowest BCUT2D eigenvalue weighted by atomic mass is 10.2. The maximum absolute atomic E-state index is 2.53. The second-order valence-electron chi connectivity index (χ2n) is 5.67. The number of hydrogen-bond acceptors (Lipinski definition) is 2. The first kappa shape index (κ1) is 17.8. The Morgan fingerprint density at radius 2 is 1.57 bits per heavy atom. The Bertz CT molecular complexity index is 366. The number of benzene rings is 1. The fourth-order valence-electron chi connectivity index (χ4n) is 2.53. The number of rotatable bonds is 11. The third kappa shape index (κ3) is 7.91. The summed E-state index contributed by atoms with van der Waals surface area (Å²) in [5.74, 6) is 0. The van der Waals surface area contributed by atoms with E-state index in [9.17, 15) is 0 Å². The van der Waals surface area contributed by atoms with Gasteiger partial charge in [0.25, 0.3) is 0 Å². The maximum Gasteiger partial charge on any atom is 0.0363 e. The minimum Gasteiger partial charge on any atom is -0.375 e. The van der Waals surface area contributed by atoms with Crippen molar-refractivity contribution in [2.45, 2.75) is 39.5 Å². The lowest BCUT2D eigenvalue weighted by molar-refractivity contribution is 0.303. The molecule has 1 aromatic rings. The number of unbranched alkanes of at least 4 members (excludes halogenated alkanes) is 1. The highest BCUT2D eigenvalue weighted by Crippen LogP contribution is 2.11. The van der Waals surface area contributed by atoms with E-state index in [0.717, 1.165) is 13.1 Å². The number of allylic oxidation sites excluding steroid dienone is 1. The predicted molar refractivity (Wildman–Crippen MR) is 95.1 cm³/mol. The molecule has 0 aliphatic heterocycles. The van der Waals surface area contributed by atoms with Crippen LogP contribution in [0.4, 0.5) is 5.69 Å². The minimum atomic E-state index is 1.11. The third-order valence-corrected chi connectivity index (χ3v) is 3.67. The zero-order valence-electron chi connectivity index (χ0n) is 14.1. The summed E-state index contributed by atoms with van der Waals surface area (Å²) < 4.78 is 0. The van der Waals surface area contributed by atoms with Gasteiger partial charge in [0, 0.05) is 25.8 Å². The first-order chi connectivity index (χ1) is 10.3. The van der Waals surface area contributed by atoms with E-state index < -0.39 is 0 Å². The second kappa shape index (κ2) is 11.4. The van der Waals surface area contributed by atoms with Crippen LogP contribution in [0, 0.1) is 0 Å². The van der Waals surface area contributed by atoms with E-state index in [2.05, 4.69) is 73.2 Å². The Balaban J connectivity index is 2.16. The summed E-state index contributed by atoms with van der Waals surface area (Å²) >= 11 is 0. The van der Waals surface area contributed by atoms with Crippen LogP contribution >= 0.6 is 0 Å². The van der Waals surface area contributed by atoms with Crippen molar-refractivity contribution < 1.29 is 0 Å². The number of hydrogen-bond donors (Lipinski definition) is 0. The lowest BCUT2D eigenvalue weighted by Gasteiger charge is -2.19. The van der Waals surface area contributed by atoms with Crippen LogP contribution in [0.25, 0.3) is 0 Å². The van der Waals surface area contributed by atoms with E-state index in [1.54, 1.807) is 0 Å². The highest BCUT2D eigenvalue weighted by atomic mass is 15.1. The van der Waals surface area contributed by atoms with Gasteiger partial charge in [0.05, 0.1) is 0 Å². The van der Waals surface area contributed by atoms with E-state index in [4.69, 9.17) is 0 Å². The summed E-state index contributed by atoms with van der Waals surface area (Å²) in [6.07, 6.45) is 9.56. The van der Waals surface area contributed by atoms with Crippen LogP contribution < -0.4 is 4.90 Å². The Labute approximate surface area is 131 Å². The first-order valence-electron chi connectivity index (χ1n) is 8.41. The van der Waals surface area contributed by atoms with E-state index >= 15 is 0 Å². The molecule has 0 aliphatic rings. The van der Waals surface area contributed by atoms with Gasteiger partial charge in [-0.2, -0.15) is 0 Å². The summed E-state index contributed by atoms with van der Waals surface area (Å²) in [4.78, 5) is 4.86. The van der Waals surface area contributed by atoms with Crippen molar-refractivity contribution in [2.75, 3.05) is 38.1 Å². The molecule has 0 radical (unpaired) electrons. The van der Waals surface area contributed by atoms with Crippen molar-refractivity contribution in [3.8, 4) is 0 Å². The van der Waals surface area contributed by atoms with Gasteiger partial charge in [0.2, 0.25) is 0 Å². The highest BCUT2D eigenvalue weighted by molar-refractivity contribution is 5.44. The summed E-state index contributed by atoms with van der Waals surface area (Å²) in [6, 6.07) is 10.6. The number of anilines is 1. The molecule has 0 unspecified atom stereocenters. The third-order valence-electron chi connectivity index (χ3n) is 3.67. The van der Waals surface area contributed by atoms with Gasteiger partial charge in [-0.1, -0.05) is 44.2 Å². The van der Waals surface area contributed by atoms with Crippen molar-refractivity contribution in [1.82, 2.24) is 4.90 Å². The Morgan fingerprint density at radius 3 is 2.19 bits per heavy atom. The topological polar surface area (TPSA) is 6.48 Å². The molecular formula is C19H32N2. The molecule has 1 rings (SSSR count). The van der Waals surface area contributed by atoms with E-state index in [1.807, 2.05) is 0 Å². The average Bonchev–Trinajstić information content (AvgIpc) is 2.51. The van der Waals surface area contributed by atoms with Crippen LogP contribution in [0.5, 0.6) is 0 Å². The molecule has 0 heterocycles. The standard InChI is InChI=1S/C19H32N2/c1-4-15-21(16-5-2)18-12-7-6-11-17-20(3)19-13-9-8-10-14-19/h7-10,12-14H,4-6,11,15-18H2,1-3H3/b12-7+. The molecule has 0 spiro atoms. The Kier molecular flexibility index (Phi) is 9.64. The van der Waals surface area contributed by atoms with Crippen LogP contribution in [0.3, 0.4) is 0 Å². The van der Waals surface area contributed by atoms with Gasteiger partial charge in [0.1, 0.15) is 0 Å². The zero-order valence-corrected chi connectivity index (χ0v) is 14.1. The molecule has 1 aromatic carbocycles. The maximum atomic E-state index is 2.53. The van der Waals surface area contributed by atoms with Crippen molar-refractivity contribution in [3.63, 3.8) is 0 Å². The van der Waals surface area contributed by atoms with Crippen molar-refractivity contribution in [2.24, 2.45) is 0 Å². The van der Waals surface area contributed by atoms with Gasteiger partial charge in [-0.25, -0.2) is 0 Å². The predicted octanol–water partition coefficient (Wildman–Crippen LogP) is 4.58. The SMILES string of the molecule is CCCN(C/C=C/CCCN(C)c1ccccc1)CCC. The molecule has 21 heavy (non-hydrogen) atoms. The van der Waals surface area contributed by atoms with Crippen LogP contribution in [-0.4, -0.2) is 38.1 Å². The van der Waals surface area contributed by atoms with Crippen LogP contribution in [0.15, 0.2) is 42.5 Å². The molecule has 2 heteroatoms. The fourth-order valence-corrected chi connectivity index (χ4v) is 2.53. The molecule has 0 saturated carbocycles. The number of nitrogens with zero attached hydrogens (tertiary/aromatic N) is 2. The summed E-state index contributed by atoms with van der Waals surface area (Å²) in [7, 11) is 2.17. The van der Waals surface area contributed by atoms with Crippen molar-refractivity contribution in [1.29, 1.82) is 0 Å². The molecule has 0 bridgehead atoms. The highest BCUT2D eigenvalue weighted by Gasteiger charge is 1.99. The lowest BCUT2D eigenvalue weighted by Crippen LogP contribution is -2.25. The molecule has 118 valence electrons. The molecule has 0 aromatic heterocycles. The molecule has 0 amide bonds. The molecule has 0 aliphatic carbocycles. The van der Waals surface area contributed by atoms with E-state index in [0.29, 0.717) is 0 Å². The van der Waals surface area contributed by atoms with Gasteiger partial charge in [-0.05, 0) is 50.9 Å². The summed E-state index contributed by atoms with van der Waals surface area (Å²) in [6.45, 7) is 9.17. The monoisotopic (exact) mass is 288 g/mol. The zero-order chi connectivity index (χ0) is 15.3. The Morgan fingerprint density at radius 1 is 0.905 bits per heavy atom. The van der Waals surface area contributed by atoms with E-state index in [1.165, 1.54) is 44.5 Å².